The monoisotopic (exact) mass is 328 g/mol. The van der Waals surface area contributed by atoms with Crippen LogP contribution in [-0.4, -0.2) is 39.8 Å². The van der Waals surface area contributed by atoms with Crippen LogP contribution in [0.2, 0.25) is 0 Å². The largest absolute Gasteiger partial charge is 0.433 e. The molecule has 3 heterocycles. The van der Waals surface area contributed by atoms with Gasteiger partial charge in [0.1, 0.15) is 11.8 Å². The van der Waals surface area contributed by atoms with Crippen LogP contribution in [0.1, 0.15) is 29.1 Å². The fourth-order valence-corrected chi connectivity index (χ4v) is 2.50. The van der Waals surface area contributed by atoms with Crippen molar-refractivity contribution in [1.29, 1.82) is 0 Å². The number of morpholine rings is 1. The van der Waals surface area contributed by atoms with Gasteiger partial charge in [0.05, 0.1) is 6.61 Å². The van der Waals surface area contributed by atoms with Crippen molar-refractivity contribution in [2.45, 2.75) is 25.7 Å². The molecule has 3 rings (SSSR count). The van der Waals surface area contributed by atoms with Crippen LogP contribution in [-0.2, 0) is 17.5 Å². The average Bonchev–Trinajstić information content (AvgIpc) is 2.94. The summed E-state index contributed by atoms with van der Waals surface area (Å²) in [6, 6.07) is 2.95. The molecule has 0 aliphatic carbocycles. The van der Waals surface area contributed by atoms with E-state index in [0.717, 1.165) is 6.20 Å². The maximum atomic E-state index is 13.0. The van der Waals surface area contributed by atoms with Gasteiger partial charge in [-0.2, -0.15) is 13.2 Å². The average molecular weight is 328 g/mol. The van der Waals surface area contributed by atoms with Gasteiger partial charge in [0, 0.05) is 32.8 Å². The van der Waals surface area contributed by atoms with Crippen LogP contribution in [0.15, 0.2) is 22.7 Å². The van der Waals surface area contributed by atoms with Gasteiger partial charge in [-0.05, 0) is 11.6 Å². The topological polar surface area (TPSA) is 64.3 Å². The van der Waals surface area contributed by atoms with Gasteiger partial charge in [0.15, 0.2) is 0 Å². The van der Waals surface area contributed by atoms with Crippen LogP contribution in [0.3, 0.4) is 0 Å². The van der Waals surface area contributed by atoms with Gasteiger partial charge in [-0.3, -0.25) is 9.88 Å². The molecule has 23 heavy (non-hydrogen) atoms. The smallest absolute Gasteiger partial charge is 0.423 e. The van der Waals surface area contributed by atoms with Crippen LogP contribution in [0.25, 0.3) is 0 Å². The lowest BCUT2D eigenvalue weighted by Crippen LogP contribution is -2.38. The molecule has 6 nitrogen and oxygen atoms in total. The Morgan fingerprint density at radius 3 is 2.87 bits per heavy atom. The molecule has 0 N–H and O–H groups in total. The Hall–Kier alpha value is -2.00. The lowest BCUT2D eigenvalue weighted by Gasteiger charge is -2.31. The molecular weight excluding hydrogens is 313 g/mol. The maximum Gasteiger partial charge on any atom is 0.433 e. The summed E-state index contributed by atoms with van der Waals surface area (Å²) < 4.78 is 49.9. The zero-order valence-corrected chi connectivity index (χ0v) is 12.4. The van der Waals surface area contributed by atoms with E-state index in [4.69, 9.17) is 9.15 Å². The third-order valence-electron chi connectivity index (χ3n) is 3.52. The van der Waals surface area contributed by atoms with Gasteiger partial charge >= 0.3 is 6.18 Å². The third kappa shape index (κ3) is 3.67. The number of nitrogens with zero attached hydrogens (tertiary/aromatic N) is 4. The summed E-state index contributed by atoms with van der Waals surface area (Å²) in [4.78, 5) is 5.33. The Morgan fingerprint density at radius 1 is 1.35 bits per heavy atom. The molecule has 0 amide bonds. The van der Waals surface area contributed by atoms with Gasteiger partial charge in [-0.25, -0.2) is 0 Å². The Kier molecular flexibility index (Phi) is 4.31. The van der Waals surface area contributed by atoms with E-state index in [1.807, 2.05) is 4.90 Å². The molecule has 9 heteroatoms. The van der Waals surface area contributed by atoms with Crippen molar-refractivity contribution in [1.82, 2.24) is 20.1 Å². The van der Waals surface area contributed by atoms with E-state index in [1.54, 1.807) is 6.92 Å². The van der Waals surface area contributed by atoms with E-state index >= 15 is 0 Å². The number of ether oxygens (including phenoxy) is 1. The molecule has 0 aromatic carbocycles. The van der Waals surface area contributed by atoms with E-state index < -0.39 is 18.0 Å². The van der Waals surface area contributed by atoms with Gasteiger partial charge in [-0.15, -0.1) is 10.2 Å². The first-order valence-corrected chi connectivity index (χ1v) is 7.08. The summed E-state index contributed by atoms with van der Waals surface area (Å²) in [5.74, 6) is 0.766. The Bertz CT molecular complexity index is 674. The first-order valence-electron chi connectivity index (χ1n) is 7.08. The Balaban J connectivity index is 1.73. The number of rotatable bonds is 3. The quantitative estimate of drug-likeness (QED) is 0.862. The summed E-state index contributed by atoms with van der Waals surface area (Å²) in [7, 11) is 0. The molecule has 0 radical (unpaired) electrons. The number of aryl methyl sites for hydroxylation is 1. The minimum atomic E-state index is -4.47. The van der Waals surface area contributed by atoms with Gasteiger partial charge < -0.3 is 9.15 Å². The molecule has 1 aliphatic rings. The predicted molar refractivity (Wildman–Crippen MR) is 72.2 cm³/mol. The fraction of sp³-hybridized carbons (Fsp3) is 0.500. The summed E-state index contributed by atoms with van der Waals surface area (Å²) in [6.07, 6.45) is -3.75. The van der Waals surface area contributed by atoms with Crippen LogP contribution in [0.4, 0.5) is 13.2 Å². The van der Waals surface area contributed by atoms with Crippen molar-refractivity contribution < 1.29 is 22.3 Å². The highest BCUT2D eigenvalue weighted by atomic mass is 19.4. The molecule has 1 unspecified atom stereocenters. The summed E-state index contributed by atoms with van der Waals surface area (Å²) >= 11 is 0. The van der Waals surface area contributed by atoms with Crippen molar-refractivity contribution in [3.63, 3.8) is 0 Å². The van der Waals surface area contributed by atoms with E-state index in [1.165, 1.54) is 12.1 Å². The van der Waals surface area contributed by atoms with E-state index in [0.29, 0.717) is 31.5 Å². The molecule has 124 valence electrons. The highest BCUT2D eigenvalue weighted by molar-refractivity contribution is 5.22. The maximum absolute atomic E-state index is 13.0. The van der Waals surface area contributed by atoms with Crippen molar-refractivity contribution in [2.24, 2.45) is 0 Å². The minimum Gasteiger partial charge on any atom is -0.423 e. The first-order chi connectivity index (χ1) is 10.9. The number of aromatic nitrogens is 3. The highest BCUT2D eigenvalue weighted by Gasteiger charge is 2.36. The summed E-state index contributed by atoms with van der Waals surface area (Å²) in [5, 5.41) is 7.65. The summed E-state index contributed by atoms with van der Waals surface area (Å²) in [6.45, 7) is 3.09. The van der Waals surface area contributed by atoms with Gasteiger partial charge in [0.25, 0.3) is 0 Å². The predicted octanol–water partition coefficient (Wildman–Crippen LogP) is 2.37. The highest BCUT2D eigenvalue weighted by Crippen LogP contribution is 2.31. The van der Waals surface area contributed by atoms with Crippen molar-refractivity contribution in [3.05, 3.63) is 41.4 Å². The number of halogens is 3. The molecule has 1 saturated heterocycles. The van der Waals surface area contributed by atoms with Crippen molar-refractivity contribution in [2.75, 3.05) is 19.7 Å². The standard InChI is InChI=1S/C14H15F3N4O2/c1-9-19-20-13(23-9)11-8-21(5-6-22-11)7-10-3-2-4-18-12(10)14(15,16)17/h2-4,11H,5-8H2,1H3. The van der Waals surface area contributed by atoms with E-state index in [2.05, 4.69) is 15.2 Å². The molecule has 2 aromatic heterocycles. The Labute approximate surface area is 130 Å². The van der Waals surface area contributed by atoms with Crippen LogP contribution < -0.4 is 0 Å². The first kappa shape index (κ1) is 15.9. The van der Waals surface area contributed by atoms with Crippen LogP contribution in [0.5, 0.6) is 0 Å². The molecule has 1 fully saturated rings. The van der Waals surface area contributed by atoms with Crippen molar-refractivity contribution in [3.8, 4) is 0 Å². The molecule has 2 aromatic rings. The van der Waals surface area contributed by atoms with Gasteiger partial charge in [0.2, 0.25) is 11.8 Å². The Morgan fingerprint density at radius 2 is 2.17 bits per heavy atom. The second-order valence-electron chi connectivity index (χ2n) is 5.26. The zero-order valence-electron chi connectivity index (χ0n) is 12.4. The molecule has 1 atom stereocenters. The normalized spacial score (nSPS) is 19.9. The number of hydrogen-bond acceptors (Lipinski definition) is 6. The molecule has 0 bridgehead atoms. The molecule has 1 aliphatic heterocycles. The van der Waals surface area contributed by atoms with Crippen LogP contribution in [0, 0.1) is 6.92 Å². The second-order valence-corrected chi connectivity index (χ2v) is 5.26. The molecular formula is C14H15F3N4O2. The SMILES string of the molecule is Cc1nnc(C2CN(Cc3cccnc3C(F)(F)F)CCO2)o1. The number of hydrogen-bond donors (Lipinski definition) is 0. The van der Waals surface area contributed by atoms with Gasteiger partial charge in [-0.1, -0.05) is 6.07 Å². The zero-order chi connectivity index (χ0) is 16.4. The number of pyridine rings is 1. The van der Waals surface area contributed by atoms with Crippen molar-refractivity contribution >= 4 is 0 Å². The molecule has 0 saturated carbocycles. The molecule has 0 spiro atoms. The summed E-state index contributed by atoms with van der Waals surface area (Å²) in [5.41, 5.74) is -0.709. The fourth-order valence-electron chi connectivity index (χ4n) is 2.50. The van der Waals surface area contributed by atoms with Crippen LogP contribution >= 0.6 is 0 Å². The minimum absolute atomic E-state index is 0.135. The third-order valence-corrected chi connectivity index (χ3v) is 3.52. The van der Waals surface area contributed by atoms with E-state index in [-0.39, 0.29) is 12.1 Å². The lowest BCUT2D eigenvalue weighted by molar-refractivity contribution is -0.142. The second kappa shape index (κ2) is 6.25. The van der Waals surface area contributed by atoms with E-state index in [9.17, 15) is 13.2 Å². The number of alkyl halides is 3. The lowest BCUT2D eigenvalue weighted by atomic mass is 10.1.